The van der Waals surface area contributed by atoms with Crippen molar-refractivity contribution in [2.24, 2.45) is 7.05 Å². The second-order valence-corrected chi connectivity index (χ2v) is 7.24. The fourth-order valence-corrected chi connectivity index (χ4v) is 3.09. The van der Waals surface area contributed by atoms with Crippen LogP contribution in [0.4, 0.5) is 0 Å². The van der Waals surface area contributed by atoms with Crippen molar-refractivity contribution in [3.63, 3.8) is 0 Å². The number of hydrogen-bond donors (Lipinski definition) is 0. The van der Waals surface area contributed by atoms with Gasteiger partial charge in [0.2, 0.25) is 0 Å². The molecule has 0 aliphatic heterocycles. The van der Waals surface area contributed by atoms with Crippen molar-refractivity contribution in [3.05, 3.63) is 18.2 Å². The van der Waals surface area contributed by atoms with E-state index in [4.69, 9.17) is 0 Å². The highest BCUT2D eigenvalue weighted by atomic mass is 79.9. The number of unbranched alkanes of at least 4 members (excludes halogenated alkanes) is 4. The maximum Gasteiger partial charge on any atom is 0.105 e. The average molecular weight is 419 g/mol. The predicted molar refractivity (Wildman–Crippen MR) is 107 cm³/mol. The fourth-order valence-electron chi connectivity index (χ4n) is 3.09. The molecule has 0 spiro atoms. The van der Waals surface area contributed by atoms with Crippen molar-refractivity contribution in [3.8, 4) is 0 Å². The molecule has 1 aromatic heterocycles. The quantitative estimate of drug-likeness (QED) is 0.478. The summed E-state index contributed by atoms with van der Waals surface area (Å²) in [4.78, 5) is 3.98. The van der Waals surface area contributed by atoms with Gasteiger partial charge < -0.3 is 26.0 Å². The van der Waals surface area contributed by atoms with Crippen LogP contribution in [0.2, 0.25) is 0 Å². The second kappa shape index (κ2) is 17.1. The van der Waals surface area contributed by atoms with Gasteiger partial charge in [0.15, 0.2) is 0 Å². The summed E-state index contributed by atoms with van der Waals surface area (Å²) in [7, 11) is 1.97. The molecule has 0 aliphatic rings. The van der Waals surface area contributed by atoms with Gasteiger partial charge in [0, 0.05) is 19.4 Å². The van der Waals surface area contributed by atoms with Gasteiger partial charge in [-0.2, -0.15) is 0 Å². The highest BCUT2D eigenvalue weighted by molar-refractivity contribution is 4.85. The van der Waals surface area contributed by atoms with Gasteiger partial charge in [0.05, 0.1) is 26.2 Å². The number of imidazole rings is 1. The zero-order valence-electron chi connectivity index (χ0n) is 17.9. The molecule has 0 saturated carbocycles. The molecule has 25 heavy (non-hydrogen) atoms. The lowest BCUT2D eigenvalue weighted by Gasteiger charge is -2.39. The molecular formula is C21H44BrN3. The van der Waals surface area contributed by atoms with Crippen LogP contribution in [0.3, 0.4) is 0 Å². The molecule has 3 nitrogen and oxygen atoms in total. The van der Waals surface area contributed by atoms with E-state index in [0.29, 0.717) is 0 Å². The molecule has 0 radical (unpaired) electrons. The fraction of sp³-hybridized carbons (Fsp3) is 0.857. The van der Waals surface area contributed by atoms with E-state index in [2.05, 4.69) is 32.7 Å². The Morgan fingerprint density at radius 2 is 1.16 bits per heavy atom. The Morgan fingerprint density at radius 3 is 1.32 bits per heavy atom. The van der Waals surface area contributed by atoms with Crippen LogP contribution in [0.1, 0.15) is 84.9 Å². The lowest BCUT2D eigenvalue weighted by molar-refractivity contribution is -0.929. The first-order valence-corrected chi connectivity index (χ1v) is 10.3. The second-order valence-electron chi connectivity index (χ2n) is 7.24. The van der Waals surface area contributed by atoms with Crippen LogP contribution in [0.5, 0.6) is 0 Å². The van der Waals surface area contributed by atoms with Gasteiger partial charge in [-0.3, -0.25) is 0 Å². The van der Waals surface area contributed by atoms with Crippen LogP contribution in [0, 0.1) is 6.92 Å². The number of aryl methyl sites for hydroxylation is 2. The van der Waals surface area contributed by atoms with Gasteiger partial charge in [-0.15, -0.1) is 0 Å². The summed E-state index contributed by atoms with van der Waals surface area (Å²) in [5.41, 5.74) is 0. The van der Waals surface area contributed by atoms with E-state index in [1.165, 1.54) is 82.0 Å². The summed E-state index contributed by atoms with van der Waals surface area (Å²) in [5.74, 6) is 1.06. The lowest BCUT2D eigenvalue weighted by Crippen LogP contribution is -3.00. The first-order chi connectivity index (χ1) is 11.5. The topological polar surface area (TPSA) is 17.8 Å². The number of nitrogens with zero attached hydrogens (tertiary/aromatic N) is 3. The van der Waals surface area contributed by atoms with E-state index in [9.17, 15) is 0 Å². The first-order valence-electron chi connectivity index (χ1n) is 10.3. The lowest BCUT2D eigenvalue weighted by atomic mass is 10.1. The molecule has 0 fully saturated rings. The highest BCUT2D eigenvalue weighted by Crippen LogP contribution is 2.16. The Labute approximate surface area is 168 Å². The third kappa shape index (κ3) is 12.6. The zero-order valence-corrected chi connectivity index (χ0v) is 19.4. The Kier molecular flexibility index (Phi) is 18.4. The number of rotatable bonds is 12. The highest BCUT2D eigenvalue weighted by Gasteiger charge is 2.24. The largest absolute Gasteiger partial charge is 1.00 e. The molecule has 0 aromatic carbocycles. The van der Waals surface area contributed by atoms with Crippen molar-refractivity contribution in [2.75, 3.05) is 26.2 Å². The number of halogens is 1. The molecule has 0 bridgehead atoms. The zero-order chi connectivity index (χ0) is 18.3. The Morgan fingerprint density at radius 1 is 0.800 bits per heavy atom. The number of hydrogen-bond acceptors (Lipinski definition) is 1. The summed E-state index contributed by atoms with van der Waals surface area (Å²) < 4.78 is 3.39. The van der Waals surface area contributed by atoms with Crippen LogP contribution in [-0.2, 0) is 7.05 Å². The van der Waals surface area contributed by atoms with Crippen molar-refractivity contribution < 1.29 is 21.5 Å². The number of quaternary nitrogens is 1. The SMILES string of the molecule is CCCC[N+](CCCC)(CCCC)CCCC.Cc1nccn1C.[Br-]. The number of aromatic nitrogens is 2. The minimum absolute atomic E-state index is 0. The van der Waals surface area contributed by atoms with Crippen molar-refractivity contribution in [1.82, 2.24) is 9.55 Å². The molecule has 1 heterocycles. The van der Waals surface area contributed by atoms with E-state index in [1.807, 2.05) is 24.7 Å². The molecule has 4 heteroatoms. The van der Waals surface area contributed by atoms with Crippen LogP contribution >= 0.6 is 0 Å². The molecule has 1 rings (SSSR count). The maximum absolute atomic E-state index is 3.98. The third-order valence-corrected chi connectivity index (χ3v) is 5.01. The first kappa shape index (κ1) is 26.9. The van der Waals surface area contributed by atoms with Crippen LogP contribution in [0.15, 0.2) is 12.4 Å². The minimum Gasteiger partial charge on any atom is -1.00 e. The van der Waals surface area contributed by atoms with Crippen LogP contribution in [0.25, 0.3) is 0 Å². The Balaban J connectivity index is 0. The minimum atomic E-state index is 0. The Bertz CT molecular complexity index is 336. The van der Waals surface area contributed by atoms with Gasteiger partial charge in [-0.1, -0.05) is 53.4 Å². The summed E-state index contributed by atoms with van der Waals surface area (Å²) in [6, 6.07) is 0. The summed E-state index contributed by atoms with van der Waals surface area (Å²) in [6.45, 7) is 17.0. The van der Waals surface area contributed by atoms with Crippen molar-refractivity contribution in [2.45, 2.75) is 86.0 Å². The predicted octanol–water partition coefficient (Wildman–Crippen LogP) is 2.74. The summed E-state index contributed by atoms with van der Waals surface area (Å²) >= 11 is 0. The third-order valence-electron chi connectivity index (χ3n) is 5.01. The van der Waals surface area contributed by atoms with Gasteiger partial charge in [0.25, 0.3) is 0 Å². The van der Waals surface area contributed by atoms with Gasteiger partial charge in [-0.25, -0.2) is 4.98 Å². The smallest absolute Gasteiger partial charge is 0.105 e. The van der Waals surface area contributed by atoms with Crippen molar-refractivity contribution in [1.29, 1.82) is 0 Å². The van der Waals surface area contributed by atoms with Crippen LogP contribution in [-0.4, -0.2) is 40.2 Å². The molecule has 0 aliphatic carbocycles. The van der Waals surface area contributed by atoms with E-state index in [0.717, 1.165) is 5.82 Å². The standard InChI is InChI=1S/C16H36N.C5H8N2.BrH/c1-5-9-13-17(14-10-6-2,15-11-7-3)16-12-8-4;1-5-6-3-4-7(5)2;/h5-16H2,1-4H3;3-4H,1-2H3;1H/q+1;;/p-1. The molecular weight excluding hydrogens is 374 g/mol. The summed E-state index contributed by atoms with van der Waals surface area (Å²) in [6.07, 6.45) is 14.8. The van der Waals surface area contributed by atoms with E-state index < -0.39 is 0 Å². The normalized spacial score (nSPS) is 10.8. The molecule has 0 unspecified atom stereocenters. The van der Waals surface area contributed by atoms with Crippen LogP contribution < -0.4 is 17.0 Å². The molecule has 0 amide bonds. The molecule has 150 valence electrons. The molecule has 1 aromatic rings. The van der Waals surface area contributed by atoms with Gasteiger partial charge in [-0.05, 0) is 32.6 Å². The maximum atomic E-state index is 3.98. The summed E-state index contributed by atoms with van der Waals surface area (Å²) in [5, 5.41) is 0. The van der Waals surface area contributed by atoms with Gasteiger partial charge in [0.1, 0.15) is 5.82 Å². The van der Waals surface area contributed by atoms with E-state index in [-0.39, 0.29) is 17.0 Å². The van der Waals surface area contributed by atoms with Crippen molar-refractivity contribution >= 4 is 0 Å². The average Bonchev–Trinajstić information content (AvgIpc) is 2.97. The molecule has 0 saturated heterocycles. The molecule has 0 atom stereocenters. The van der Waals surface area contributed by atoms with E-state index >= 15 is 0 Å². The molecule has 0 N–H and O–H groups in total. The Hall–Kier alpha value is -0.350. The van der Waals surface area contributed by atoms with Gasteiger partial charge >= 0.3 is 0 Å². The monoisotopic (exact) mass is 417 g/mol. The van der Waals surface area contributed by atoms with E-state index in [1.54, 1.807) is 6.20 Å².